The summed E-state index contributed by atoms with van der Waals surface area (Å²) in [5.74, 6) is -0.498. The normalized spacial score (nSPS) is 17.7. The Balaban J connectivity index is 1.62. The molecule has 1 amide bonds. The fourth-order valence-corrected chi connectivity index (χ4v) is 5.33. The molecule has 0 bridgehead atoms. The molecule has 1 saturated carbocycles. The molecule has 0 aromatic heterocycles. The Labute approximate surface area is 197 Å². The van der Waals surface area contributed by atoms with Crippen LogP contribution in [-0.2, 0) is 17.8 Å². The quantitative estimate of drug-likeness (QED) is 0.611. The van der Waals surface area contributed by atoms with Crippen LogP contribution in [-0.4, -0.2) is 18.6 Å². The summed E-state index contributed by atoms with van der Waals surface area (Å²) < 4.78 is 20.7. The summed E-state index contributed by atoms with van der Waals surface area (Å²) in [6.07, 6.45) is 5.28. The van der Waals surface area contributed by atoms with Gasteiger partial charge in [-0.05, 0) is 103 Å². The van der Waals surface area contributed by atoms with Crippen molar-refractivity contribution in [2.24, 2.45) is 11.1 Å². The number of hydrogen-bond acceptors (Lipinski definition) is 3. The average molecular weight is 453 g/mol. The van der Waals surface area contributed by atoms with E-state index in [-0.39, 0.29) is 29.2 Å². The number of amides is 1. The fourth-order valence-electron chi connectivity index (χ4n) is 5.33. The fraction of sp³-hybridized carbons (Fsp3) is 0.536. The number of nitrogens with two attached hydrogens (primary N) is 1. The number of ether oxygens (including phenoxy) is 1. The molecule has 1 heterocycles. The first kappa shape index (κ1) is 23.6. The van der Waals surface area contributed by atoms with Gasteiger partial charge >= 0.3 is 0 Å². The van der Waals surface area contributed by atoms with Gasteiger partial charge in [0.05, 0.1) is 12.0 Å². The van der Waals surface area contributed by atoms with Gasteiger partial charge in [-0.15, -0.1) is 0 Å². The van der Waals surface area contributed by atoms with Gasteiger partial charge in [0.1, 0.15) is 0 Å². The molecule has 33 heavy (non-hydrogen) atoms. The average Bonchev–Trinajstić information content (AvgIpc) is 2.87. The van der Waals surface area contributed by atoms with Crippen molar-refractivity contribution in [3.05, 3.63) is 57.9 Å². The number of carbonyl (C=O) groups excluding carboxylic acids is 1. The minimum Gasteiger partial charge on any atom is -0.487 e. The minimum absolute atomic E-state index is 0.168. The van der Waals surface area contributed by atoms with Crippen LogP contribution in [0.25, 0.3) is 0 Å². The summed E-state index contributed by atoms with van der Waals surface area (Å²) in [6.45, 7) is 11.8. The van der Waals surface area contributed by atoms with Crippen molar-refractivity contribution in [1.29, 1.82) is 0 Å². The Kier molecular flexibility index (Phi) is 6.43. The number of anilines is 1. The van der Waals surface area contributed by atoms with Crippen LogP contribution in [0.4, 0.5) is 10.1 Å². The second-order valence-electron chi connectivity index (χ2n) is 10.9. The number of primary amides is 1. The summed E-state index contributed by atoms with van der Waals surface area (Å²) >= 11 is 0. The van der Waals surface area contributed by atoms with Crippen molar-refractivity contribution in [3.8, 4) is 5.75 Å². The predicted octanol–water partition coefficient (Wildman–Crippen LogP) is 5.94. The van der Waals surface area contributed by atoms with E-state index in [1.54, 1.807) is 6.07 Å². The molecule has 0 spiro atoms. The third kappa shape index (κ3) is 4.87. The monoisotopic (exact) mass is 452 g/mol. The van der Waals surface area contributed by atoms with Gasteiger partial charge in [-0.3, -0.25) is 4.79 Å². The number of fused-ring (bicyclic) bond motifs is 1. The van der Waals surface area contributed by atoms with Crippen molar-refractivity contribution < 1.29 is 13.9 Å². The lowest BCUT2D eigenvalue weighted by Crippen LogP contribution is -2.33. The summed E-state index contributed by atoms with van der Waals surface area (Å²) in [7, 11) is 0. The van der Waals surface area contributed by atoms with Crippen LogP contribution in [0.2, 0.25) is 0 Å². The predicted molar refractivity (Wildman–Crippen MR) is 131 cm³/mol. The lowest BCUT2D eigenvalue weighted by molar-refractivity contribution is -0.121. The Morgan fingerprint density at radius 1 is 1.09 bits per heavy atom. The molecule has 2 N–H and O–H groups in total. The van der Waals surface area contributed by atoms with Crippen LogP contribution in [0.3, 0.4) is 0 Å². The number of benzene rings is 2. The molecule has 4 rings (SSSR count). The molecule has 1 aliphatic carbocycles. The van der Waals surface area contributed by atoms with Gasteiger partial charge in [-0.25, -0.2) is 4.39 Å². The molecule has 0 saturated heterocycles. The molecule has 2 aromatic carbocycles. The maximum atomic E-state index is 14.8. The van der Waals surface area contributed by atoms with Crippen molar-refractivity contribution in [2.75, 3.05) is 11.4 Å². The van der Waals surface area contributed by atoms with Crippen LogP contribution in [0.5, 0.6) is 5.75 Å². The van der Waals surface area contributed by atoms with E-state index in [0.29, 0.717) is 12.3 Å². The molecule has 2 aliphatic rings. The number of nitrogens with zero attached hydrogens (tertiary/aromatic N) is 1. The number of halogens is 1. The Morgan fingerprint density at radius 3 is 2.30 bits per heavy atom. The van der Waals surface area contributed by atoms with E-state index in [2.05, 4.69) is 51.7 Å². The van der Waals surface area contributed by atoms with E-state index in [4.69, 9.17) is 10.5 Å². The van der Waals surface area contributed by atoms with Crippen molar-refractivity contribution in [1.82, 2.24) is 0 Å². The number of aryl methyl sites for hydroxylation is 3. The van der Waals surface area contributed by atoms with E-state index < -0.39 is 0 Å². The molecule has 2 aromatic rings. The lowest BCUT2D eigenvalue weighted by Gasteiger charge is -2.32. The summed E-state index contributed by atoms with van der Waals surface area (Å²) in [5.41, 5.74) is 12.0. The zero-order chi connectivity index (χ0) is 23.9. The van der Waals surface area contributed by atoms with Crippen molar-refractivity contribution in [3.63, 3.8) is 0 Å². The number of carbonyl (C=O) groups is 1. The van der Waals surface area contributed by atoms with Crippen LogP contribution in [0.15, 0.2) is 24.3 Å². The Morgan fingerprint density at radius 2 is 1.76 bits per heavy atom. The second-order valence-corrected chi connectivity index (χ2v) is 10.9. The van der Waals surface area contributed by atoms with Gasteiger partial charge in [0.15, 0.2) is 11.6 Å². The highest BCUT2D eigenvalue weighted by molar-refractivity contribution is 5.84. The van der Waals surface area contributed by atoms with Gasteiger partial charge in [0.25, 0.3) is 0 Å². The van der Waals surface area contributed by atoms with E-state index >= 15 is 0 Å². The largest absolute Gasteiger partial charge is 0.487 e. The van der Waals surface area contributed by atoms with Crippen LogP contribution < -0.4 is 15.4 Å². The maximum Gasteiger partial charge on any atom is 0.225 e. The van der Waals surface area contributed by atoms with Gasteiger partial charge in [-0.2, -0.15) is 0 Å². The molecule has 178 valence electrons. The second kappa shape index (κ2) is 9.00. The van der Waals surface area contributed by atoms with E-state index in [0.717, 1.165) is 60.2 Å². The van der Waals surface area contributed by atoms with E-state index in [9.17, 15) is 9.18 Å². The Bertz CT molecular complexity index is 1030. The highest BCUT2D eigenvalue weighted by Crippen LogP contribution is 2.40. The molecule has 0 radical (unpaired) electrons. The summed E-state index contributed by atoms with van der Waals surface area (Å²) in [5, 5.41) is 0. The minimum atomic E-state index is -0.348. The van der Waals surface area contributed by atoms with Gasteiger partial charge < -0.3 is 15.4 Å². The van der Waals surface area contributed by atoms with Crippen molar-refractivity contribution in [2.45, 2.75) is 85.3 Å². The third-order valence-corrected chi connectivity index (χ3v) is 7.22. The number of hydrogen-bond donors (Lipinski definition) is 1. The molecular weight excluding hydrogens is 415 g/mol. The molecule has 5 heteroatoms. The first-order valence-electron chi connectivity index (χ1n) is 12.2. The Hall–Kier alpha value is -2.56. The van der Waals surface area contributed by atoms with Gasteiger partial charge in [-0.1, -0.05) is 20.8 Å². The number of rotatable bonds is 5. The van der Waals surface area contributed by atoms with Crippen LogP contribution in [0, 0.1) is 25.1 Å². The topological polar surface area (TPSA) is 55.6 Å². The van der Waals surface area contributed by atoms with Crippen LogP contribution >= 0.6 is 0 Å². The molecule has 1 fully saturated rings. The zero-order valence-corrected chi connectivity index (χ0v) is 20.6. The standard InChI is InChI=1S/C28H37FN2O2/c1-17-12-21(13-18(2)25(17)26(27(30)32)28(3,4)5)31-11-7-8-19-15-24(33-22-9-6-10-22)23(29)14-20(19)16-31/h12-15,22,26H,6-11,16H2,1-5H3,(H2,30,32). The maximum absolute atomic E-state index is 14.8. The SMILES string of the molecule is Cc1cc(N2CCCc3cc(OC4CCC4)c(F)cc3C2)cc(C)c1C(C(N)=O)C(C)(C)C. The van der Waals surface area contributed by atoms with E-state index in [1.165, 1.54) is 12.0 Å². The first-order chi connectivity index (χ1) is 15.5. The molecule has 1 unspecified atom stereocenters. The zero-order valence-electron chi connectivity index (χ0n) is 20.6. The molecule has 4 nitrogen and oxygen atoms in total. The van der Waals surface area contributed by atoms with E-state index in [1.807, 2.05) is 6.07 Å². The first-order valence-corrected chi connectivity index (χ1v) is 12.2. The summed E-state index contributed by atoms with van der Waals surface area (Å²) in [4.78, 5) is 14.7. The highest BCUT2D eigenvalue weighted by atomic mass is 19.1. The molecular formula is C28H37FN2O2. The van der Waals surface area contributed by atoms with Gasteiger partial charge in [0, 0.05) is 18.8 Å². The highest BCUT2D eigenvalue weighted by Gasteiger charge is 2.34. The summed E-state index contributed by atoms with van der Waals surface area (Å²) in [6, 6.07) is 7.89. The van der Waals surface area contributed by atoms with Crippen LogP contribution in [0.1, 0.15) is 80.2 Å². The smallest absolute Gasteiger partial charge is 0.225 e. The lowest BCUT2D eigenvalue weighted by atomic mass is 9.73. The molecule has 1 aliphatic heterocycles. The van der Waals surface area contributed by atoms with Crippen molar-refractivity contribution >= 4 is 11.6 Å². The third-order valence-electron chi connectivity index (χ3n) is 7.22. The van der Waals surface area contributed by atoms with Gasteiger partial charge in [0.2, 0.25) is 5.91 Å². The molecule has 1 atom stereocenters.